The van der Waals surface area contributed by atoms with Crippen LogP contribution in [0.5, 0.6) is 0 Å². The van der Waals surface area contributed by atoms with Gasteiger partial charge in [0.05, 0.1) is 5.75 Å². The molecule has 0 atom stereocenters. The van der Waals surface area contributed by atoms with Crippen LogP contribution in [0.25, 0.3) is 0 Å². The van der Waals surface area contributed by atoms with Crippen LogP contribution in [0.3, 0.4) is 0 Å². The molecule has 2 amide bonds. The molecule has 2 N–H and O–H groups in total. The van der Waals surface area contributed by atoms with E-state index in [1.807, 2.05) is 50.2 Å². The molecule has 0 spiro atoms. The minimum atomic E-state index is -0.0355. The Balaban J connectivity index is 1.52. The van der Waals surface area contributed by atoms with Gasteiger partial charge in [0.25, 0.3) is 0 Å². The van der Waals surface area contributed by atoms with Crippen LogP contribution in [0.1, 0.15) is 43.2 Å². The molecule has 0 bridgehead atoms. The van der Waals surface area contributed by atoms with Gasteiger partial charge in [-0.3, -0.25) is 9.59 Å². The molecule has 0 aromatic heterocycles. The van der Waals surface area contributed by atoms with Crippen molar-refractivity contribution < 1.29 is 9.59 Å². The molecular weight excluding hydrogens is 368 g/mol. The lowest BCUT2D eigenvalue weighted by Crippen LogP contribution is -2.24. The number of nitrogens with one attached hydrogen (secondary N) is 2. The molecule has 148 valence electrons. The molecule has 3 rings (SSSR count). The number of amides is 2. The van der Waals surface area contributed by atoms with Gasteiger partial charge in [-0.25, -0.2) is 0 Å². The van der Waals surface area contributed by atoms with Gasteiger partial charge in [0.1, 0.15) is 0 Å². The molecule has 0 heterocycles. The summed E-state index contributed by atoms with van der Waals surface area (Å²) in [7, 11) is 0. The van der Waals surface area contributed by atoms with E-state index in [4.69, 9.17) is 0 Å². The van der Waals surface area contributed by atoms with Crippen molar-refractivity contribution in [2.45, 2.75) is 50.8 Å². The lowest BCUT2D eigenvalue weighted by atomic mass is 9.88. The summed E-state index contributed by atoms with van der Waals surface area (Å²) in [5.41, 5.74) is 3.89. The Morgan fingerprint density at radius 2 is 1.64 bits per heavy atom. The summed E-state index contributed by atoms with van der Waals surface area (Å²) < 4.78 is 0. The molecule has 0 aliphatic heterocycles. The molecule has 2 aromatic rings. The Kier molecular flexibility index (Phi) is 7.15. The summed E-state index contributed by atoms with van der Waals surface area (Å²) in [6.45, 7) is 4.04. The lowest BCUT2D eigenvalue weighted by Gasteiger charge is -2.20. The topological polar surface area (TPSA) is 58.2 Å². The Bertz CT molecular complexity index is 824. The maximum Gasteiger partial charge on any atom is 0.234 e. The summed E-state index contributed by atoms with van der Waals surface area (Å²) in [5, 5.41) is 5.99. The minimum Gasteiger partial charge on any atom is -0.326 e. The van der Waals surface area contributed by atoms with Crippen LogP contribution in [0.4, 0.5) is 11.4 Å². The summed E-state index contributed by atoms with van der Waals surface area (Å²) in [5.74, 6) is 0.544. The van der Waals surface area contributed by atoms with Crippen molar-refractivity contribution in [3.05, 3.63) is 53.6 Å². The first-order chi connectivity index (χ1) is 13.5. The van der Waals surface area contributed by atoms with E-state index in [9.17, 15) is 9.59 Å². The Hall–Kier alpha value is -2.27. The SMILES string of the molecule is Cc1cc(C)cc(NC(=O)CSc2cccc(NC(=O)C3CCCCC3)c2)c1. The van der Waals surface area contributed by atoms with Crippen molar-refractivity contribution in [2.24, 2.45) is 5.92 Å². The second kappa shape index (κ2) is 9.78. The molecule has 28 heavy (non-hydrogen) atoms. The first-order valence-electron chi connectivity index (χ1n) is 9.91. The predicted octanol–water partition coefficient (Wildman–Crippen LogP) is 5.55. The van der Waals surface area contributed by atoms with E-state index in [-0.39, 0.29) is 17.7 Å². The third kappa shape index (κ3) is 6.13. The molecule has 1 aliphatic carbocycles. The molecule has 1 fully saturated rings. The number of carbonyl (C=O) groups is 2. The van der Waals surface area contributed by atoms with Crippen molar-refractivity contribution >= 4 is 35.0 Å². The predicted molar refractivity (Wildman–Crippen MR) is 117 cm³/mol. The highest BCUT2D eigenvalue weighted by atomic mass is 32.2. The molecular formula is C23H28N2O2S. The Labute approximate surface area is 171 Å². The van der Waals surface area contributed by atoms with Crippen molar-refractivity contribution in [3.8, 4) is 0 Å². The van der Waals surface area contributed by atoms with Crippen molar-refractivity contribution in [3.63, 3.8) is 0 Å². The fraction of sp³-hybridized carbons (Fsp3) is 0.391. The van der Waals surface area contributed by atoms with Crippen LogP contribution in [-0.4, -0.2) is 17.6 Å². The molecule has 5 heteroatoms. The number of benzene rings is 2. The van der Waals surface area contributed by atoms with Gasteiger partial charge >= 0.3 is 0 Å². The molecule has 0 radical (unpaired) electrons. The van der Waals surface area contributed by atoms with Gasteiger partial charge in [-0.15, -0.1) is 11.8 Å². The minimum absolute atomic E-state index is 0.0355. The van der Waals surface area contributed by atoms with Crippen LogP contribution >= 0.6 is 11.8 Å². The van der Waals surface area contributed by atoms with Gasteiger partial charge in [0, 0.05) is 22.2 Å². The summed E-state index contributed by atoms with van der Waals surface area (Å²) in [4.78, 5) is 25.7. The Morgan fingerprint density at radius 1 is 0.929 bits per heavy atom. The number of thioether (sulfide) groups is 1. The first-order valence-corrected chi connectivity index (χ1v) is 10.9. The molecule has 1 saturated carbocycles. The first kappa shape index (κ1) is 20.5. The van der Waals surface area contributed by atoms with Crippen molar-refractivity contribution in [1.82, 2.24) is 0 Å². The Morgan fingerprint density at radius 3 is 2.36 bits per heavy atom. The zero-order valence-electron chi connectivity index (χ0n) is 16.6. The smallest absolute Gasteiger partial charge is 0.234 e. The third-order valence-corrected chi connectivity index (χ3v) is 5.95. The number of hydrogen-bond donors (Lipinski definition) is 2. The van der Waals surface area contributed by atoms with E-state index in [0.717, 1.165) is 53.1 Å². The van der Waals surface area contributed by atoms with E-state index in [2.05, 4.69) is 16.7 Å². The summed E-state index contributed by atoms with van der Waals surface area (Å²) in [6, 6.07) is 13.7. The van der Waals surface area contributed by atoms with E-state index < -0.39 is 0 Å². The highest BCUT2D eigenvalue weighted by Crippen LogP contribution is 2.26. The van der Waals surface area contributed by atoms with Gasteiger partial charge in [-0.2, -0.15) is 0 Å². The van der Waals surface area contributed by atoms with Crippen LogP contribution in [0.15, 0.2) is 47.4 Å². The van der Waals surface area contributed by atoms with E-state index in [1.54, 1.807) is 0 Å². The van der Waals surface area contributed by atoms with Crippen LogP contribution in [-0.2, 0) is 9.59 Å². The van der Waals surface area contributed by atoms with Crippen LogP contribution in [0.2, 0.25) is 0 Å². The van der Waals surface area contributed by atoms with E-state index in [1.165, 1.54) is 18.2 Å². The van der Waals surface area contributed by atoms with Gasteiger partial charge < -0.3 is 10.6 Å². The van der Waals surface area contributed by atoms with Gasteiger partial charge in [0.15, 0.2) is 0 Å². The van der Waals surface area contributed by atoms with Crippen LogP contribution < -0.4 is 10.6 Å². The van der Waals surface area contributed by atoms with Gasteiger partial charge in [-0.05, 0) is 68.1 Å². The van der Waals surface area contributed by atoms with Crippen molar-refractivity contribution in [2.75, 3.05) is 16.4 Å². The second-order valence-electron chi connectivity index (χ2n) is 7.57. The highest BCUT2D eigenvalue weighted by molar-refractivity contribution is 8.00. The monoisotopic (exact) mass is 396 g/mol. The van der Waals surface area contributed by atoms with Gasteiger partial charge in [0.2, 0.25) is 11.8 Å². The normalized spacial score (nSPS) is 14.5. The largest absolute Gasteiger partial charge is 0.326 e. The average molecular weight is 397 g/mol. The van der Waals surface area contributed by atoms with Crippen LogP contribution in [0, 0.1) is 19.8 Å². The molecule has 0 saturated heterocycles. The molecule has 4 nitrogen and oxygen atoms in total. The number of hydrogen-bond acceptors (Lipinski definition) is 3. The number of aryl methyl sites for hydroxylation is 2. The number of carbonyl (C=O) groups excluding carboxylic acids is 2. The van der Waals surface area contributed by atoms with Gasteiger partial charge in [-0.1, -0.05) is 31.4 Å². The fourth-order valence-electron chi connectivity index (χ4n) is 3.67. The summed E-state index contributed by atoms with van der Waals surface area (Å²) in [6.07, 6.45) is 5.49. The second-order valence-corrected chi connectivity index (χ2v) is 8.61. The summed E-state index contributed by atoms with van der Waals surface area (Å²) >= 11 is 1.47. The molecule has 1 aliphatic rings. The highest BCUT2D eigenvalue weighted by Gasteiger charge is 2.21. The zero-order valence-corrected chi connectivity index (χ0v) is 17.4. The lowest BCUT2D eigenvalue weighted by molar-refractivity contribution is -0.120. The third-order valence-electron chi connectivity index (χ3n) is 4.95. The van der Waals surface area contributed by atoms with E-state index in [0.29, 0.717) is 5.75 Å². The van der Waals surface area contributed by atoms with Crippen molar-refractivity contribution in [1.29, 1.82) is 0 Å². The maximum absolute atomic E-state index is 12.4. The fourth-order valence-corrected chi connectivity index (χ4v) is 4.42. The zero-order chi connectivity index (χ0) is 19.9. The number of anilines is 2. The quantitative estimate of drug-likeness (QED) is 0.629. The van der Waals surface area contributed by atoms with E-state index >= 15 is 0 Å². The number of rotatable bonds is 6. The standard InChI is InChI=1S/C23H28N2O2S/c1-16-11-17(2)13-20(12-16)24-22(26)15-28-21-10-6-9-19(14-21)25-23(27)18-7-4-3-5-8-18/h6,9-14,18H,3-5,7-8,15H2,1-2H3,(H,24,26)(H,25,27). The molecule has 2 aromatic carbocycles. The average Bonchev–Trinajstić information content (AvgIpc) is 2.66. The maximum atomic E-state index is 12.4. The molecule has 0 unspecified atom stereocenters.